The highest BCUT2D eigenvalue weighted by molar-refractivity contribution is 7.89. The van der Waals surface area contributed by atoms with E-state index in [-0.39, 0.29) is 5.75 Å². The van der Waals surface area contributed by atoms with Crippen molar-refractivity contribution in [2.24, 2.45) is 0 Å². The van der Waals surface area contributed by atoms with Gasteiger partial charge < -0.3 is 5.32 Å². The minimum atomic E-state index is -3.09. The molecule has 1 aliphatic carbocycles. The van der Waals surface area contributed by atoms with Crippen molar-refractivity contribution < 1.29 is 8.42 Å². The number of nitrogens with one attached hydrogen (secondary N) is 1. The molecule has 2 rings (SSSR count). The average molecular weight is 317 g/mol. The van der Waals surface area contributed by atoms with Crippen molar-refractivity contribution in [3.63, 3.8) is 0 Å². The topological polar surface area (TPSA) is 49.4 Å². The van der Waals surface area contributed by atoms with Crippen molar-refractivity contribution in [1.82, 2.24) is 9.62 Å². The van der Waals surface area contributed by atoms with Crippen molar-refractivity contribution in [2.75, 3.05) is 26.4 Å². The Labute approximate surface area is 126 Å². The quantitative estimate of drug-likeness (QED) is 0.874. The lowest BCUT2D eigenvalue weighted by Crippen LogP contribution is -2.43. The molecule has 112 valence electrons. The maximum atomic E-state index is 11.6. The molecule has 0 saturated heterocycles. The second-order valence-electron chi connectivity index (χ2n) is 5.47. The molecule has 0 aromatic heterocycles. The lowest BCUT2D eigenvalue weighted by Gasteiger charge is -2.36. The van der Waals surface area contributed by atoms with E-state index in [0.29, 0.717) is 18.5 Å². The van der Waals surface area contributed by atoms with E-state index in [0.717, 1.165) is 17.9 Å². The van der Waals surface area contributed by atoms with E-state index in [2.05, 4.69) is 17.4 Å². The van der Waals surface area contributed by atoms with Gasteiger partial charge in [-0.15, -0.1) is 0 Å². The van der Waals surface area contributed by atoms with Crippen LogP contribution >= 0.6 is 11.6 Å². The first-order valence-corrected chi connectivity index (χ1v) is 8.76. The van der Waals surface area contributed by atoms with E-state index in [1.54, 1.807) is 14.1 Å². The van der Waals surface area contributed by atoms with Gasteiger partial charge in [-0.25, -0.2) is 12.7 Å². The standard InChI is InChI=1S/C14H21ClN2O2S/c1-17(2)20(18,19)8-7-16-14-9-12(10-14)11-3-5-13(15)6-4-11/h3-6,12,14,16H,7-10H2,1-2H3. The third-order valence-corrected chi connectivity index (χ3v) is 5.91. The van der Waals surface area contributed by atoms with Gasteiger partial charge in [0.1, 0.15) is 0 Å². The fourth-order valence-electron chi connectivity index (χ4n) is 2.37. The van der Waals surface area contributed by atoms with E-state index >= 15 is 0 Å². The van der Waals surface area contributed by atoms with E-state index in [4.69, 9.17) is 11.6 Å². The molecule has 20 heavy (non-hydrogen) atoms. The van der Waals surface area contributed by atoms with Crippen LogP contribution in [0.25, 0.3) is 0 Å². The van der Waals surface area contributed by atoms with Crippen molar-refractivity contribution in [2.45, 2.75) is 24.8 Å². The molecular weight excluding hydrogens is 296 g/mol. The first-order chi connectivity index (χ1) is 9.38. The summed E-state index contributed by atoms with van der Waals surface area (Å²) in [5, 5.41) is 4.07. The highest BCUT2D eigenvalue weighted by Crippen LogP contribution is 2.37. The van der Waals surface area contributed by atoms with E-state index in [9.17, 15) is 8.42 Å². The minimum absolute atomic E-state index is 0.155. The molecular formula is C14H21ClN2O2S. The zero-order valence-corrected chi connectivity index (χ0v) is 13.4. The largest absolute Gasteiger partial charge is 0.313 e. The van der Waals surface area contributed by atoms with Crippen LogP contribution in [0.1, 0.15) is 24.3 Å². The summed E-state index contributed by atoms with van der Waals surface area (Å²) in [5.41, 5.74) is 1.31. The number of benzene rings is 1. The number of sulfonamides is 1. The lowest BCUT2D eigenvalue weighted by molar-refractivity contribution is 0.296. The summed E-state index contributed by atoms with van der Waals surface area (Å²) in [6.45, 7) is 0.512. The second-order valence-corrected chi connectivity index (χ2v) is 8.21. The summed E-state index contributed by atoms with van der Waals surface area (Å²) < 4.78 is 24.5. The summed E-state index contributed by atoms with van der Waals surface area (Å²) in [5.74, 6) is 0.720. The normalized spacial score (nSPS) is 22.8. The molecule has 4 nitrogen and oxygen atoms in total. The first kappa shape index (κ1) is 15.8. The molecule has 0 amide bonds. The first-order valence-electron chi connectivity index (χ1n) is 6.77. The van der Waals surface area contributed by atoms with Crippen LogP contribution in [-0.2, 0) is 10.0 Å². The summed E-state index contributed by atoms with van der Waals surface area (Å²) in [4.78, 5) is 0. The van der Waals surface area contributed by atoms with Gasteiger partial charge in [0.2, 0.25) is 10.0 Å². The number of hydrogen-bond donors (Lipinski definition) is 1. The Balaban J connectivity index is 1.71. The van der Waals surface area contributed by atoms with Crippen molar-refractivity contribution in [3.05, 3.63) is 34.9 Å². The molecule has 1 aliphatic rings. The van der Waals surface area contributed by atoms with Gasteiger partial charge in [-0.2, -0.15) is 0 Å². The molecule has 1 aromatic carbocycles. The summed E-state index contributed by atoms with van der Waals surface area (Å²) >= 11 is 5.87. The lowest BCUT2D eigenvalue weighted by atomic mass is 9.76. The Morgan fingerprint density at radius 3 is 2.40 bits per heavy atom. The van der Waals surface area contributed by atoms with Crippen LogP contribution in [0.5, 0.6) is 0 Å². The zero-order valence-electron chi connectivity index (χ0n) is 11.8. The predicted octanol–water partition coefficient (Wildman–Crippen LogP) is 2.07. The summed E-state index contributed by atoms with van der Waals surface area (Å²) in [6.07, 6.45) is 2.12. The molecule has 0 heterocycles. The van der Waals surface area contributed by atoms with Crippen LogP contribution < -0.4 is 5.32 Å². The fourth-order valence-corrected chi connectivity index (χ4v) is 3.23. The van der Waals surface area contributed by atoms with Crippen LogP contribution in [-0.4, -0.2) is 45.2 Å². The Morgan fingerprint density at radius 1 is 1.25 bits per heavy atom. The van der Waals surface area contributed by atoms with Gasteiger partial charge in [0, 0.05) is 31.7 Å². The SMILES string of the molecule is CN(C)S(=O)(=O)CCNC1CC(c2ccc(Cl)cc2)C1. The molecule has 0 spiro atoms. The third kappa shape index (κ3) is 3.95. The van der Waals surface area contributed by atoms with Gasteiger partial charge in [0.05, 0.1) is 5.75 Å². The number of hydrogen-bond acceptors (Lipinski definition) is 3. The predicted molar refractivity (Wildman–Crippen MR) is 82.7 cm³/mol. The van der Waals surface area contributed by atoms with Crippen LogP contribution in [0.15, 0.2) is 24.3 Å². The van der Waals surface area contributed by atoms with E-state index in [1.165, 1.54) is 9.87 Å². The fraction of sp³-hybridized carbons (Fsp3) is 0.571. The molecule has 1 fully saturated rings. The van der Waals surface area contributed by atoms with Crippen LogP contribution in [0.2, 0.25) is 5.02 Å². The maximum Gasteiger partial charge on any atom is 0.214 e. The zero-order chi connectivity index (χ0) is 14.8. The van der Waals surface area contributed by atoms with Gasteiger partial charge in [-0.1, -0.05) is 23.7 Å². The second kappa shape index (κ2) is 6.43. The molecule has 0 aliphatic heterocycles. The van der Waals surface area contributed by atoms with Crippen LogP contribution in [0.4, 0.5) is 0 Å². The third-order valence-electron chi connectivity index (χ3n) is 3.83. The smallest absolute Gasteiger partial charge is 0.214 e. The Morgan fingerprint density at radius 2 is 1.85 bits per heavy atom. The van der Waals surface area contributed by atoms with Crippen molar-refractivity contribution >= 4 is 21.6 Å². The van der Waals surface area contributed by atoms with Crippen LogP contribution in [0.3, 0.4) is 0 Å². The molecule has 0 radical (unpaired) electrons. The molecule has 1 saturated carbocycles. The highest BCUT2D eigenvalue weighted by Gasteiger charge is 2.30. The Hall–Kier alpha value is -0.620. The average Bonchev–Trinajstić information content (AvgIpc) is 2.33. The monoisotopic (exact) mass is 316 g/mol. The van der Waals surface area contributed by atoms with Crippen molar-refractivity contribution in [1.29, 1.82) is 0 Å². The molecule has 0 unspecified atom stereocenters. The van der Waals surface area contributed by atoms with Gasteiger partial charge >= 0.3 is 0 Å². The summed E-state index contributed by atoms with van der Waals surface area (Å²) in [6, 6.07) is 8.40. The van der Waals surface area contributed by atoms with E-state index in [1.807, 2.05) is 12.1 Å². The highest BCUT2D eigenvalue weighted by atomic mass is 35.5. The van der Waals surface area contributed by atoms with Gasteiger partial charge in [0.15, 0.2) is 0 Å². The molecule has 1 aromatic rings. The number of nitrogens with zero attached hydrogens (tertiary/aromatic N) is 1. The molecule has 6 heteroatoms. The molecule has 1 N–H and O–H groups in total. The molecule has 0 atom stereocenters. The van der Waals surface area contributed by atoms with Gasteiger partial charge in [-0.3, -0.25) is 0 Å². The van der Waals surface area contributed by atoms with Gasteiger partial charge in [0.25, 0.3) is 0 Å². The van der Waals surface area contributed by atoms with E-state index < -0.39 is 10.0 Å². The number of rotatable bonds is 6. The number of halogens is 1. The maximum absolute atomic E-state index is 11.6. The van der Waals surface area contributed by atoms with Crippen LogP contribution in [0, 0.1) is 0 Å². The Kier molecular flexibility index (Phi) is 5.07. The summed E-state index contributed by atoms with van der Waals surface area (Å²) in [7, 11) is 0.0372. The van der Waals surface area contributed by atoms with Crippen molar-refractivity contribution in [3.8, 4) is 0 Å². The molecule has 0 bridgehead atoms. The minimum Gasteiger partial charge on any atom is -0.313 e. The van der Waals surface area contributed by atoms with Gasteiger partial charge in [-0.05, 0) is 36.5 Å². The Bertz CT molecular complexity index is 537.